The third kappa shape index (κ3) is 6.73. The summed E-state index contributed by atoms with van der Waals surface area (Å²) in [4.78, 5) is 25.1. The Bertz CT molecular complexity index is 1390. The summed E-state index contributed by atoms with van der Waals surface area (Å²) in [7, 11) is 0. The zero-order valence-electron chi connectivity index (χ0n) is 29.9. The molecule has 0 aromatic heterocycles. The number of hydrogen-bond acceptors (Lipinski definition) is 4. The predicted octanol–water partition coefficient (Wildman–Crippen LogP) is 5.22. The maximum atomic E-state index is 13.4. The molecular formula is C27H36N2O4. The molecule has 1 atom stereocenters. The molecule has 0 saturated carbocycles. The zero-order chi connectivity index (χ0) is 33.7. The number of carboxylic acid groups (broad SMARTS) is 1. The van der Waals surface area contributed by atoms with Crippen LogP contribution < -0.4 is 15.0 Å². The van der Waals surface area contributed by atoms with Crippen LogP contribution in [0.2, 0.25) is 0 Å². The summed E-state index contributed by atoms with van der Waals surface area (Å²) < 4.78 is 98.8. The first kappa shape index (κ1) is 13.6. The van der Waals surface area contributed by atoms with Crippen molar-refractivity contribution in [1.29, 1.82) is 0 Å². The number of anilines is 1. The zero-order valence-corrected chi connectivity index (χ0v) is 18.9. The van der Waals surface area contributed by atoms with Gasteiger partial charge in [-0.25, -0.2) is 4.79 Å². The number of hydrogen-bond donors (Lipinski definition) is 2. The van der Waals surface area contributed by atoms with Crippen LogP contribution in [0.3, 0.4) is 0 Å². The molecule has 0 aliphatic carbocycles. The highest BCUT2D eigenvalue weighted by Gasteiger charge is 2.23. The van der Waals surface area contributed by atoms with Crippen LogP contribution in [-0.4, -0.2) is 36.6 Å². The van der Waals surface area contributed by atoms with Crippen molar-refractivity contribution < 1.29 is 34.5 Å². The van der Waals surface area contributed by atoms with E-state index in [9.17, 15) is 16.1 Å². The fraction of sp³-hybridized carbons (Fsp3) is 0.481. The SMILES string of the molecule is [2H]C1([2H])N(c2ccccc2[C@]([2H])(CC(C)C)NC(=O)Cc2ccc(C(=O)O)c(OCC)c2)C([2H])([2H])C([2H])([2H])C([2H])([2H])C1([2H])[2H]. The van der Waals surface area contributed by atoms with E-state index in [4.69, 9.17) is 18.4 Å². The molecule has 0 bridgehead atoms. The van der Waals surface area contributed by atoms with Crippen LogP contribution in [0, 0.1) is 5.92 Å². The summed E-state index contributed by atoms with van der Waals surface area (Å²) in [6.45, 7) is -1.59. The summed E-state index contributed by atoms with van der Waals surface area (Å²) in [5, 5.41) is 12.0. The third-order valence-electron chi connectivity index (χ3n) is 4.77. The number of carbonyl (C=O) groups excluding carboxylic acids is 1. The highest BCUT2D eigenvalue weighted by atomic mass is 16.5. The highest BCUT2D eigenvalue weighted by Crippen LogP contribution is 2.32. The molecule has 0 unspecified atom stereocenters. The van der Waals surface area contributed by atoms with Gasteiger partial charge in [-0.15, -0.1) is 0 Å². The third-order valence-corrected chi connectivity index (χ3v) is 4.77. The first-order chi connectivity index (χ1) is 20.0. The Kier molecular flexibility index (Phi) is 4.84. The predicted molar refractivity (Wildman–Crippen MR) is 131 cm³/mol. The Morgan fingerprint density at radius 2 is 1.91 bits per heavy atom. The number of benzene rings is 2. The highest BCUT2D eigenvalue weighted by molar-refractivity contribution is 5.91. The van der Waals surface area contributed by atoms with E-state index in [2.05, 4.69) is 5.32 Å². The number of piperidine rings is 1. The van der Waals surface area contributed by atoms with Crippen LogP contribution in [0.4, 0.5) is 5.69 Å². The smallest absolute Gasteiger partial charge is 0.339 e. The van der Waals surface area contributed by atoms with Crippen molar-refractivity contribution >= 4 is 17.6 Å². The van der Waals surface area contributed by atoms with Gasteiger partial charge in [-0.2, -0.15) is 0 Å². The van der Waals surface area contributed by atoms with Gasteiger partial charge in [0.25, 0.3) is 0 Å². The molecule has 1 heterocycles. The minimum atomic E-state index is -3.61. The lowest BCUT2D eigenvalue weighted by atomic mass is 9.94. The monoisotopic (exact) mass is 463 g/mol. The summed E-state index contributed by atoms with van der Waals surface area (Å²) in [6.07, 6.45) is -11.2. The molecule has 3 rings (SSSR count). The van der Waals surface area contributed by atoms with Crippen molar-refractivity contribution in [2.45, 2.75) is 58.7 Å². The molecule has 1 amide bonds. The van der Waals surface area contributed by atoms with E-state index in [1.165, 1.54) is 42.5 Å². The van der Waals surface area contributed by atoms with Gasteiger partial charge in [-0.3, -0.25) is 4.79 Å². The average Bonchev–Trinajstić information content (AvgIpc) is 2.87. The summed E-state index contributed by atoms with van der Waals surface area (Å²) >= 11 is 0. The molecule has 1 fully saturated rings. The number of ether oxygens (including phenoxy) is 1. The summed E-state index contributed by atoms with van der Waals surface area (Å²) in [5.74, 6) is -2.13. The van der Waals surface area contributed by atoms with Crippen molar-refractivity contribution in [3.63, 3.8) is 0 Å². The Morgan fingerprint density at radius 1 is 1.18 bits per heavy atom. The molecule has 33 heavy (non-hydrogen) atoms. The van der Waals surface area contributed by atoms with Crippen molar-refractivity contribution in [3.8, 4) is 5.75 Å². The first-order valence-electron chi connectivity index (χ1n) is 16.2. The molecule has 178 valence electrons. The second-order valence-corrected chi connectivity index (χ2v) is 7.82. The number of amides is 1. The van der Waals surface area contributed by atoms with Gasteiger partial charge < -0.3 is 20.1 Å². The molecule has 6 heteroatoms. The van der Waals surface area contributed by atoms with Gasteiger partial charge >= 0.3 is 5.97 Å². The number of carboxylic acids is 1. The van der Waals surface area contributed by atoms with Crippen LogP contribution in [0.25, 0.3) is 0 Å². The van der Waals surface area contributed by atoms with Gasteiger partial charge in [0.2, 0.25) is 5.91 Å². The Balaban J connectivity index is 2.14. The van der Waals surface area contributed by atoms with E-state index < -0.39 is 55.7 Å². The van der Waals surface area contributed by atoms with Gasteiger partial charge in [-0.05, 0) is 67.7 Å². The molecule has 6 nitrogen and oxygen atoms in total. The van der Waals surface area contributed by atoms with Crippen molar-refractivity contribution in [2.75, 3.05) is 24.5 Å². The lowest BCUT2D eigenvalue weighted by Gasteiger charge is -2.33. The van der Waals surface area contributed by atoms with E-state index in [1.54, 1.807) is 20.8 Å². The van der Waals surface area contributed by atoms with Crippen LogP contribution >= 0.6 is 0 Å². The van der Waals surface area contributed by atoms with E-state index in [0.29, 0.717) is 5.56 Å². The molecule has 1 saturated heterocycles. The second kappa shape index (κ2) is 11.7. The molecular weight excluding hydrogens is 416 g/mol. The van der Waals surface area contributed by atoms with E-state index >= 15 is 0 Å². The number of carbonyl (C=O) groups is 2. The minimum Gasteiger partial charge on any atom is -0.493 e. The first-order valence-corrected chi connectivity index (χ1v) is 10.7. The number of nitrogens with zero attached hydrogens (tertiary/aromatic N) is 1. The van der Waals surface area contributed by atoms with Gasteiger partial charge in [0, 0.05) is 32.4 Å². The summed E-state index contributed by atoms with van der Waals surface area (Å²) in [5.41, 5.74) is -0.344. The minimum absolute atomic E-state index is 0.0490. The normalized spacial score (nSPS) is 28.2. The quantitative estimate of drug-likeness (QED) is 0.505. The van der Waals surface area contributed by atoms with Gasteiger partial charge in [0.1, 0.15) is 11.3 Å². The van der Waals surface area contributed by atoms with E-state index in [1.807, 2.05) is 0 Å². The Hall–Kier alpha value is -3.02. The molecule has 0 radical (unpaired) electrons. The van der Waals surface area contributed by atoms with Gasteiger partial charge in [-0.1, -0.05) is 38.1 Å². The molecule has 0 spiro atoms. The molecule has 1 aliphatic rings. The van der Waals surface area contributed by atoms with Crippen molar-refractivity contribution in [3.05, 3.63) is 59.2 Å². The molecule has 2 N–H and O–H groups in total. The Morgan fingerprint density at radius 3 is 2.58 bits per heavy atom. The van der Waals surface area contributed by atoms with E-state index in [0.717, 1.165) is 0 Å². The van der Waals surface area contributed by atoms with Crippen molar-refractivity contribution in [1.82, 2.24) is 5.32 Å². The van der Waals surface area contributed by atoms with Crippen LogP contribution in [0.5, 0.6) is 5.75 Å². The fourth-order valence-corrected chi connectivity index (χ4v) is 3.43. The molecule has 1 aliphatic heterocycles. The van der Waals surface area contributed by atoms with Crippen LogP contribution in [0.1, 0.15) is 88.9 Å². The van der Waals surface area contributed by atoms with E-state index in [-0.39, 0.29) is 47.1 Å². The number of rotatable bonds is 10. The lowest BCUT2D eigenvalue weighted by molar-refractivity contribution is -0.121. The maximum absolute atomic E-state index is 13.4. The van der Waals surface area contributed by atoms with Crippen LogP contribution in [0.15, 0.2) is 42.5 Å². The standard InChI is InChI=1S/C27H36N2O4/c1-4-33-25-17-20(12-13-22(25)27(31)32)18-26(30)28-23(16-19(2)3)21-10-6-7-11-24(21)29-14-8-5-9-15-29/h6-7,10-13,17,19,23H,4-5,8-9,14-16,18H2,1-3H3,(H,28,30)(H,31,32)/t23-/m0/s1/i5D2,8D2,9D2,14D2,15D2,23D. The van der Waals surface area contributed by atoms with Gasteiger partial charge in [0.05, 0.1) is 20.4 Å². The lowest BCUT2D eigenvalue weighted by Crippen LogP contribution is -2.34. The average molecular weight is 464 g/mol. The molecule has 2 aromatic rings. The maximum Gasteiger partial charge on any atom is 0.339 e. The number of nitrogens with one attached hydrogen (secondary N) is 1. The van der Waals surface area contributed by atoms with Crippen molar-refractivity contribution in [2.24, 2.45) is 5.92 Å². The largest absolute Gasteiger partial charge is 0.493 e. The molecule has 2 aromatic carbocycles. The second-order valence-electron chi connectivity index (χ2n) is 7.82. The topological polar surface area (TPSA) is 78.9 Å². The van der Waals surface area contributed by atoms with Gasteiger partial charge in [0.15, 0.2) is 0 Å². The Labute approximate surface area is 212 Å². The number of aromatic carboxylic acids is 1. The summed E-state index contributed by atoms with van der Waals surface area (Å²) in [6, 6.07) is 7.32. The van der Waals surface area contributed by atoms with Crippen LogP contribution in [-0.2, 0) is 11.2 Å². The number of para-hydroxylation sites is 1. The fourth-order valence-electron chi connectivity index (χ4n) is 3.43.